The Morgan fingerprint density at radius 3 is 2.86 bits per heavy atom. The van der Waals surface area contributed by atoms with E-state index < -0.39 is 0 Å². The monoisotopic (exact) mass is 233 g/mol. The van der Waals surface area contributed by atoms with E-state index in [1.165, 1.54) is 0 Å². The zero-order valence-electron chi connectivity index (χ0n) is 8.08. The molecule has 78 valence electrons. The molecule has 14 heavy (non-hydrogen) atoms. The van der Waals surface area contributed by atoms with Crippen LogP contribution in [0.1, 0.15) is 19.7 Å². The van der Waals surface area contributed by atoms with Crippen LogP contribution in [0, 0.1) is 0 Å². The normalized spacial score (nSPS) is 24.4. The standard InChI is InChI=1S/C8H12ClN3OS/c1-8(2)5(4-14-8)10-7-12-11-6(3-9)13-7/h5H,3-4H2,1-2H3,(H,10,12). The van der Waals surface area contributed by atoms with Crippen LogP contribution < -0.4 is 5.32 Å². The Balaban J connectivity index is 1.97. The van der Waals surface area contributed by atoms with Gasteiger partial charge in [-0.3, -0.25) is 0 Å². The fourth-order valence-corrected chi connectivity index (χ4v) is 2.48. The van der Waals surface area contributed by atoms with Gasteiger partial charge in [0.05, 0.1) is 6.04 Å². The summed E-state index contributed by atoms with van der Waals surface area (Å²) in [6, 6.07) is 0.871. The molecule has 0 aliphatic carbocycles. The van der Waals surface area contributed by atoms with Gasteiger partial charge in [0.15, 0.2) is 0 Å². The van der Waals surface area contributed by atoms with Crippen molar-refractivity contribution in [3.05, 3.63) is 5.89 Å². The molecule has 0 saturated carbocycles. The van der Waals surface area contributed by atoms with Crippen molar-refractivity contribution in [1.29, 1.82) is 0 Å². The van der Waals surface area contributed by atoms with Gasteiger partial charge in [0, 0.05) is 10.5 Å². The number of halogens is 1. The number of aromatic nitrogens is 2. The van der Waals surface area contributed by atoms with Gasteiger partial charge in [-0.15, -0.1) is 16.7 Å². The molecular formula is C8H12ClN3OS. The van der Waals surface area contributed by atoms with Gasteiger partial charge >= 0.3 is 6.01 Å². The fourth-order valence-electron chi connectivity index (χ4n) is 1.23. The summed E-state index contributed by atoms with van der Waals surface area (Å²) in [7, 11) is 0. The third kappa shape index (κ3) is 1.83. The summed E-state index contributed by atoms with van der Waals surface area (Å²) in [6.45, 7) is 4.38. The van der Waals surface area contributed by atoms with Crippen LogP contribution in [-0.4, -0.2) is 26.7 Å². The van der Waals surface area contributed by atoms with Gasteiger partial charge < -0.3 is 9.73 Å². The highest BCUT2D eigenvalue weighted by Gasteiger charge is 2.40. The quantitative estimate of drug-likeness (QED) is 0.811. The van der Waals surface area contributed by atoms with Crippen LogP contribution in [0.25, 0.3) is 0 Å². The largest absolute Gasteiger partial charge is 0.407 e. The van der Waals surface area contributed by atoms with E-state index in [4.69, 9.17) is 16.0 Å². The topological polar surface area (TPSA) is 51.0 Å². The molecule has 2 rings (SSSR count). The van der Waals surface area contributed by atoms with Crippen molar-refractivity contribution >= 4 is 29.4 Å². The van der Waals surface area contributed by atoms with E-state index in [2.05, 4.69) is 29.4 Å². The highest BCUT2D eigenvalue weighted by atomic mass is 35.5. The van der Waals surface area contributed by atoms with Crippen molar-refractivity contribution in [1.82, 2.24) is 10.2 Å². The molecule has 1 aliphatic heterocycles. The first-order valence-corrected chi connectivity index (χ1v) is 5.92. The predicted molar refractivity (Wildman–Crippen MR) is 57.8 cm³/mol. The Labute approximate surface area is 91.8 Å². The Hall–Kier alpha value is -0.420. The summed E-state index contributed by atoms with van der Waals surface area (Å²) in [5, 5.41) is 10.8. The summed E-state index contributed by atoms with van der Waals surface area (Å²) in [5.74, 6) is 1.79. The van der Waals surface area contributed by atoms with Crippen molar-refractivity contribution in [2.24, 2.45) is 0 Å². The number of nitrogens with zero attached hydrogens (tertiary/aromatic N) is 2. The zero-order chi connectivity index (χ0) is 10.2. The highest BCUT2D eigenvalue weighted by molar-refractivity contribution is 8.02. The van der Waals surface area contributed by atoms with E-state index in [1.54, 1.807) is 0 Å². The van der Waals surface area contributed by atoms with Crippen LogP contribution >= 0.6 is 23.4 Å². The van der Waals surface area contributed by atoms with Gasteiger partial charge in [-0.2, -0.15) is 11.8 Å². The third-order valence-electron chi connectivity index (χ3n) is 2.34. The summed E-state index contributed by atoms with van der Waals surface area (Å²) in [4.78, 5) is 0. The molecule has 1 unspecified atom stereocenters. The zero-order valence-corrected chi connectivity index (χ0v) is 9.65. The third-order valence-corrected chi connectivity index (χ3v) is 4.10. The number of hydrogen-bond acceptors (Lipinski definition) is 5. The van der Waals surface area contributed by atoms with Crippen LogP contribution in [0.4, 0.5) is 6.01 Å². The molecule has 1 N–H and O–H groups in total. The molecule has 0 amide bonds. The summed E-state index contributed by atoms with van der Waals surface area (Å²) in [5.41, 5.74) is 0. The number of anilines is 1. The Kier molecular flexibility index (Phi) is 2.62. The van der Waals surface area contributed by atoms with Gasteiger partial charge in [0.2, 0.25) is 5.89 Å². The molecule has 1 aromatic rings. The average molecular weight is 234 g/mol. The smallest absolute Gasteiger partial charge is 0.315 e. The molecule has 4 nitrogen and oxygen atoms in total. The lowest BCUT2D eigenvalue weighted by atomic mass is 10.0. The minimum absolute atomic E-state index is 0.246. The maximum atomic E-state index is 5.55. The second-order valence-electron chi connectivity index (χ2n) is 3.75. The van der Waals surface area contributed by atoms with Crippen LogP contribution in [0.3, 0.4) is 0 Å². The van der Waals surface area contributed by atoms with Gasteiger partial charge in [0.25, 0.3) is 0 Å². The first-order valence-electron chi connectivity index (χ1n) is 4.40. The molecular weight excluding hydrogens is 222 g/mol. The number of alkyl halides is 1. The molecule has 2 heterocycles. The van der Waals surface area contributed by atoms with E-state index in [-0.39, 0.29) is 10.6 Å². The summed E-state index contributed by atoms with van der Waals surface area (Å²) in [6.07, 6.45) is 0. The fraction of sp³-hybridized carbons (Fsp3) is 0.750. The molecule has 0 radical (unpaired) electrons. The van der Waals surface area contributed by atoms with Gasteiger partial charge in [0.1, 0.15) is 5.88 Å². The van der Waals surface area contributed by atoms with Crippen LogP contribution in [0.15, 0.2) is 4.42 Å². The van der Waals surface area contributed by atoms with Crippen molar-refractivity contribution in [2.75, 3.05) is 11.1 Å². The van der Waals surface area contributed by atoms with E-state index in [0.717, 1.165) is 5.75 Å². The molecule has 1 aliphatic rings. The van der Waals surface area contributed by atoms with E-state index in [1.807, 2.05) is 11.8 Å². The molecule has 1 atom stereocenters. The Morgan fingerprint density at radius 1 is 1.64 bits per heavy atom. The van der Waals surface area contributed by atoms with E-state index in [9.17, 15) is 0 Å². The van der Waals surface area contributed by atoms with Crippen LogP contribution in [0.5, 0.6) is 0 Å². The highest BCUT2D eigenvalue weighted by Crippen LogP contribution is 2.41. The van der Waals surface area contributed by atoms with Gasteiger partial charge in [-0.05, 0) is 13.8 Å². The molecule has 0 spiro atoms. The predicted octanol–water partition coefficient (Wildman–Crippen LogP) is 2.11. The lowest BCUT2D eigenvalue weighted by Gasteiger charge is -2.43. The minimum atomic E-state index is 0.246. The second-order valence-corrected chi connectivity index (χ2v) is 5.69. The number of thioether (sulfide) groups is 1. The molecule has 1 fully saturated rings. The molecule has 0 bridgehead atoms. The van der Waals surface area contributed by atoms with Crippen LogP contribution in [0.2, 0.25) is 0 Å². The molecule has 6 heteroatoms. The van der Waals surface area contributed by atoms with Gasteiger partial charge in [-0.1, -0.05) is 5.10 Å². The molecule has 1 aromatic heterocycles. The molecule has 0 aromatic carbocycles. The van der Waals surface area contributed by atoms with E-state index in [0.29, 0.717) is 17.9 Å². The first-order chi connectivity index (χ1) is 6.62. The Bertz CT molecular complexity index is 328. The van der Waals surface area contributed by atoms with Crippen LogP contribution in [-0.2, 0) is 5.88 Å². The van der Waals surface area contributed by atoms with Crippen molar-refractivity contribution in [3.8, 4) is 0 Å². The summed E-state index contributed by atoms with van der Waals surface area (Å²) >= 11 is 7.48. The lowest BCUT2D eigenvalue weighted by molar-refractivity contribution is 0.498. The molecule has 1 saturated heterocycles. The second kappa shape index (κ2) is 3.62. The number of rotatable bonds is 3. The lowest BCUT2D eigenvalue weighted by Crippen LogP contribution is -2.50. The SMILES string of the molecule is CC1(C)SCC1Nc1nnc(CCl)o1. The van der Waals surface area contributed by atoms with Crippen molar-refractivity contribution < 1.29 is 4.42 Å². The maximum absolute atomic E-state index is 5.55. The summed E-state index contributed by atoms with van der Waals surface area (Å²) < 4.78 is 5.50. The number of nitrogens with one attached hydrogen (secondary N) is 1. The Morgan fingerprint density at radius 2 is 2.43 bits per heavy atom. The first kappa shape index (κ1) is 10.1. The maximum Gasteiger partial charge on any atom is 0.315 e. The van der Waals surface area contributed by atoms with Gasteiger partial charge in [-0.25, -0.2) is 0 Å². The van der Waals surface area contributed by atoms with Crippen molar-refractivity contribution in [2.45, 2.75) is 30.5 Å². The number of hydrogen-bond donors (Lipinski definition) is 1. The van der Waals surface area contributed by atoms with Crippen molar-refractivity contribution in [3.63, 3.8) is 0 Å². The minimum Gasteiger partial charge on any atom is -0.407 e. The van der Waals surface area contributed by atoms with E-state index >= 15 is 0 Å². The average Bonchev–Trinajstić information content (AvgIpc) is 2.60.